The van der Waals surface area contributed by atoms with Crippen LogP contribution < -0.4 is 11.1 Å². The van der Waals surface area contributed by atoms with Crippen molar-refractivity contribution in [2.75, 3.05) is 17.6 Å². The standard InChI is InChI=1S/C12H12ClN3O2/c13-7-5-9-8(10(14)6-7)1-3-15-12(9)16-4-2-11(17)18/h1,3,5-6H,2,4,14H2,(H,15,16)(H,17,18). The first-order valence-corrected chi connectivity index (χ1v) is 5.75. The third-order valence-corrected chi connectivity index (χ3v) is 2.73. The number of nitrogens with two attached hydrogens (primary N) is 1. The highest BCUT2D eigenvalue weighted by Crippen LogP contribution is 2.29. The Balaban J connectivity index is 2.35. The lowest BCUT2D eigenvalue weighted by molar-refractivity contribution is -0.136. The van der Waals surface area contributed by atoms with Gasteiger partial charge in [-0.3, -0.25) is 4.79 Å². The second-order valence-corrected chi connectivity index (χ2v) is 4.26. The smallest absolute Gasteiger partial charge is 0.305 e. The number of pyridine rings is 1. The van der Waals surface area contributed by atoms with E-state index in [1.165, 1.54) is 0 Å². The largest absolute Gasteiger partial charge is 0.481 e. The molecule has 0 unspecified atom stereocenters. The van der Waals surface area contributed by atoms with Gasteiger partial charge in [-0.15, -0.1) is 0 Å². The van der Waals surface area contributed by atoms with Crippen LogP contribution in [0.5, 0.6) is 0 Å². The van der Waals surface area contributed by atoms with Crippen molar-refractivity contribution in [3.05, 3.63) is 29.4 Å². The van der Waals surface area contributed by atoms with Gasteiger partial charge in [-0.25, -0.2) is 4.98 Å². The second-order valence-electron chi connectivity index (χ2n) is 3.82. The zero-order chi connectivity index (χ0) is 13.1. The summed E-state index contributed by atoms with van der Waals surface area (Å²) in [5, 5.41) is 13.7. The Labute approximate surface area is 109 Å². The maximum Gasteiger partial charge on any atom is 0.305 e. The number of carbonyl (C=O) groups is 1. The first-order chi connectivity index (χ1) is 8.58. The number of halogens is 1. The molecule has 1 heterocycles. The third-order valence-electron chi connectivity index (χ3n) is 2.51. The van der Waals surface area contributed by atoms with Gasteiger partial charge in [0.1, 0.15) is 5.82 Å². The van der Waals surface area contributed by atoms with Crippen LogP contribution in [0.2, 0.25) is 5.02 Å². The lowest BCUT2D eigenvalue weighted by atomic mass is 10.1. The summed E-state index contributed by atoms with van der Waals surface area (Å²) >= 11 is 5.95. The van der Waals surface area contributed by atoms with Crippen LogP contribution in [-0.4, -0.2) is 22.6 Å². The molecule has 1 aromatic carbocycles. The summed E-state index contributed by atoms with van der Waals surface area (Å²) in [5.41, 5.74) is 6.44. The van der Waals surface area contributed by atoms with E-state index < -0.39 is 5.97 Å². The molecule has 5 nitrogen and oxygen atoms in total. The van der Waals surface area contributed by atoms with Crippen LogP contribution in [0.15, 0.2) is 24.4 Å². The molecule has 2 rings (SSSR count). The van der Waals surface area contributed by atoms with Crippen molar-refractivity contribution in [3.8, 4) is 0 Å². The van der Waals surface area contributed by atoms with Crippen molar-refractivity contribution >= 4 is 39.8 Å². The highest BCUT2D eigenvalue weighted by atomic mass is 35.5. The zero-order valence-corrected chi connectivity index (χ0v) is 10.2. The van der Waals surface area contributed by atoms with Crippen LogP contribution in [-0.2, 0) is 4.79 Å². The summed E-state index contributed by atoms with van der Waals surface area (Å²) in [6, 6.07) is 5.22. The topological polar surface area (TPSA) is 88.2 Å². The van der Waals surface area contributed by atoms with Crippen molar-refractivity contribution in [3.63, 3.8) is 0 Å². The molecule has 0 atom stereocenters. The molecule has 0 bridgehead atoms. The highest BCUT2D eigenvalue weighted by molar-refractivity contribution is 6.32. The molecule has 1 aromatic heterocycles. The molecule has 94 valence electrons. The minimum absolute atomic E-state index is 0.0219. The van der Waals surface area contributed by atoms with E-state index in [-0.39, 0.29) is 6.42 Å². The number of nitrogen functional groups attached to an aromatic ring is 1. The Hall–Kier alpha value is -2.01. The van der Waals surface area contributed by atoms with Crippen molar-refractivity contribution < 1.29 is 9.90 Å². The lowest BCUT2D eigenvalue weighted by Gasteiger charge is -2.09. The molecule has 4 N–H and O–H groups in total. The Morgan fingerprint density at radius 3 is 2.94 bits per heavy atom. The molecule has 2 aromatic rings. The van der Waals surface area contributed by atoms with Crippen LogP contribution in [0.1, 0.15) is 6.42 Å². The number of fused-ring (bicyclic) bond motifs is 1. The SMILES string of the molecule is Nc1cc(Cl)cc2c(NCCC(=O)O)nccc12. The number of carboxylic acid groups (broad SMARTS) is 1. The molecule has 18 heavy (non-hydrogen) atoms. The van der Waals surface area contributed by atoms with Crippen molar-refractivity contribution in [2.24, 2.45) is 0 Å². The summed E-state index contributed by atoms with van der Waals surface area (Å²) < 4.78 is 0. The molecule has 0 amide bonds. The Morgan fingerprint density at radius 2 is 2.22 bits per heavy atom. The molecule has 0 aliphatic rings. The molecular formula is C12H12ClN3O2. The molecule has 0 saturated carbocycles. The number of aromatic nitrogens is 1. The predicted octanol–water partition coefficient (Wildman–Crippen LogP) is 2.36. The molecule has 0 fully saturated rings. The van der Waals surface area contributed by atoms with E-state index in [1.54, 1.807) is 24.4 Å². The summed E-state index contributed by atoms with van der Waals surface area (Å²) in [6.45, 7) is 0.299. The maximum absolute atomic E-state index is 10.5. The average molecular weight is 266 g/mol. The molecular weight excluding hydrogens is 254 g/mol. The number of carboxylic acids is 1. The maximum atomic E-state index is 10.5. The Kier molecular flexibility index (Phi) is 3.53. The fraction of sp³-hybridized carbons (Fsp3) is 0.167. The van der Waals surface area contributed by atoms with Gasteiger partial charge in [0, 0.05) is 34.2 Å². The number of nitrogens with one attached hydrogen (secondary N) is 1. The monoisotopic (exact) mass is 265 g/mol. The molecule has 6 heteroatoms. The normalized spacial score (nSPS) is 10.5. The van der Waals surface area contributed by atoms with Crippen LogP contribution in [0.25, 0.3) is 10.8 Å². The zero-order valence-electron chi connectivity index (χ0n) is 9.48. The summed E-state index contributed by atoms with van der Waals surface area (Å²) in [6.07, 6.45) is 1.64. The number of benzene rings is 1. The van der Waals surface area contributed by atoms with Crippen LogP contribution in [0, 0.1) is 0 Å². The molecule has 0 spiro atoms. The number of hydrogen-bond donors (Lipinski definition) is 3. The van der Waals surface area contributed by atoms with Crippen LogP contribution >= 0.6 is 11.6 Å². The van der Waals surface area contributed by atoms with Gasteiger partial charge < -0.3 is 16.2 Å². The molecule has 0 saturated heterocycles. The van der Waals surface area contributed by atoms with Gasteiger partial charge in [0.2, 0.25) is 0 Å². The van der Waals surface area contributed by atoms with Gasteiger partial charge in [0.15, 0.2) is 0 Å². The quantitative estimate of drug-likeness (QED) is 0.739. The highest BCUT2D eigenvalue weighted by Gasteiger charge is 2.06. The minimum Gasteiger partial charge on any atom is -0.481 e. The summed E-state index contributed by atoms with van der Waals surface area (Å²) in [4.78, 5) is 14.6. The van der Waals surface area contributed by atoms with Gasteiger partial charge in [0.25, 0.3) is 0 Å². The summed E-state index contributed by atoms with van der Waals surface area (Å²) in [5.74, 6) is -0.275. The first-order valence-electron chi connectivity index (χ1n) is 5.37. The van der Waals surface area contributed by atoms with E-state index in [1.807, 2.05) is 0 Å². The van der Waals surface area contributed by atoms with E-state index in [0.717, 1.165) is 10.8 Å². The lowest BCUT2D eigenvalue weighted by Crippen LogP contribution is -2.09. The van der Waals surface area contributed by atoms with Crippen LogP contribution in [0.3, 0.4) is 0 Å². The number of rotatable bonds is 4. The number of nitrogens with zero attached hydrogens (tertiary/aromatic N) is 1. The van der Waals surface area contributed by atoms with E-state index in [0.29, 0.717) is 23.1 Å². The van der Waals surface area contributed by atoms with Gasteiger partial charge in [-0.05, 0) is 18.2 Å². The fourth-order valence-electron chi connectivity index (χ4n) is 1.71. The van der Waals surface area contributed by atoms with Gasteiger partial charge >= 0.3 is 5.97 Å². The first kappa shape index (κ1) is 12.4. The number of hydrogen-bond acceptors (Lipinski definition) is 4. The fourth-order valence-corrected chi connectivity index (χ4v) is 1.93. The molecule has 0 aliphatic carbocycles. The number of aliphatic carboxylic acids is 1. The average Bonchev–Trinajstić information content (AvgIpc) is 2.29. The van der Waals surface area contributed by atoms with E-state index in [9.17, 15) is 4.79 Å². The second kappa shape index (κ2) is 5.10. The van der Waals surface area contributed by atoms with E-state index in [4.69, 9.17) is 22.4 Å². The van der Waals surface area contributed by atoms with Gasteiger partial charge in [-0.2, -0.15) is 0 Å². The molecule has 0 radical (unpaired) electrons. The number of anilines is 2. The van der Waals surface area contributed by atoms with Gasteiger partial charge in [-0.1, -0.05) is 11.6 Å². The Morgan fingerprint density at radius 1 is 1.44 bits per heavy atom. The third kappa shape index (κ3) is 2.62. The minimum atomic E-state index is -0.861. The van der Waals surface area contributed by atoms with Gasteiger partial charge in [0.05, 0.1) is 6.42 Å². The van der Waals surface area contributed by atoms with Crippen LogP contribution in [0.4, 0.5) is 11.5 Å². The van der Waals surface area contributed by atoms with Crippen molar-refractivity contribution in [1.82, 2.24) is 4.98 Å². The van der Waals surface area contributed by atoms with Crippen molar-refractivity contribution in [2.45, 2.75) is 6.42 Å². The predicted molar refractivity (Wildman–Crippen MR) is 71.9 cm³/mol. The summed E-state index contributed by atoms with van der Waals surface area (Å²) in [7, 11) is 0. The van der Waals surface area contributed by atoms with E-state index in [2.05, 4.69) is 10.3 Å². The molecule has 0 aliphatic heterocycles. The van der Waals surface area contributed by atoms with E-state index >= 15 is 0 Å². The Bertz CT molecular complexity index is 601. The van der Waals surface area contributed by atoms with Crippen molar-refractivity contribution in [1.29, 1.82) is 0 Å².